The maximum Gasteiger partial charge on any atom is 0.265 e. The smallest absolute Gasteiger partial charge is 0.265 e. The molecule has 5 nitrogen and oxygen atoms in total. The van der Waals surface area contributed by atoms with Crippen LogP contribution in [0.15, 0.2) is 58.3 Å². The van der Waals surface area contributed by atoms with Crippen molar-refractivity contribution < 1.29 is 14.3 Å². The summed E-state index contributed by atoms with van der Waals surface area (Å²) in [7, 11) is 0. The topological polar surface area (TPSA) is 58.6 Å². The van der Waals surface area contributed by atoms with Crippen LogP contribution in [0, 0.1) is 0 Å². The van der Waals surface area contributed by atoms with Gasteiger partial charge in [-0.15, -0.1) is 0 Å². The molecule has 1 heterocycles. The summed E-state index contributed by atoms with van der Waals surface area (Å²) in [6, 6.07) is 15.9. The zero-order valence-corrected chi connectivity index (χ0v) is 18.3. The monoisotopic (exact) mass is 424 g/mol. The maximum atomic E-state index is 13.2. The van der Waals surface area contributed by atoms with E-state index in [1.807, 2.05) is 49.4 Å². The molecule has 0 aliphatic carbocycles. The number of carbonyl (C=O) groups is 2. The first-order valence-corrected chi connectivity index (χ1v) is 11.2. The van der Waals surface area contributed by atoms with E-state index in [9.17, 15) is 9.59 Å². The van der Waals surface area contributed by atoms with Crippen molar-refractivity contribution >= 4 is 35.3 Å². The lowest BCUT2D eigenvalue weighted by Gasteiger charge is -2.29. The summed E-state index contributed by atoms with van der Waals surface area (Å²) in [5.74, 6) is -0.323. The van der Waals surface area contributed by atoms with Crippen LogP contribution in [0.1, 0.15) is 31.4 Å². The van der Waals surface area contributed by atoms with Crippen LogP contribution in [0.25, 0.3) is 6.08 Å². The molecule has 1 aliphatic rings. The van der Waals surface area contributed by atoms with Crippen molar-refractivity contribution in [2.45, 2.75) is 31.6 Å². The first kappa shape index (κ1) is 22.1. The van der Waals surface area contributed by atoms with E-state index in [0.717, 1.165) is 29.0 Å². The number of ether oxygens (including phenoxy) is 1. The van der Waals surface area contributed by atoms with Gasteiger partial charge in [0.1, 0.15) is 6.54 Å². The third-order valence-corrected chi connectivity index (χ3v) is 5.89. The summed E-state index contributed by atoms with van der Waals surface area (Å²) < 4.78 is 5.29. The number of benzene rings is 2. The Hall–Kier alpha value is -2.57. The van der Waals surface area contributed by atoms with Crippen LogP contribution in [0.2, 0.25) is 0 Å². The predicted molar refractivity (Wildman–Crippen MR) is 123 cm³/mol. The van der Waals surface area contributed by atoms with Crippen LogP contribution < -0.4 is 10.2 Å². The van der Waals surface area contributed by atoms with Crippen LogP contribution >= 0.6 is 11.8 Å². The molecule has 0 atom stereocenters. The van der Waals surface area contributed by atoms with Gasteiger partial charge in [-0.2, -0.15) is 0 Å². The average Bonchev–Trinajstić information content (AvgIpc) is 2.77. The normalized spacial score (nSPS) is 14.7. The van der Waals surface area contributed by atoms with E-state index in [1.54, 1.807) is 4.90 Å². The number of thioether (sulfide) groups is 1. The van der Waals surface area contributed by atoms with Gasteiger partial charge in [0.05, 0.1) is 10.6 Å². The Morgan fingerprint density at radius 3 is 2.63 bits per heavy atom. The minimum absolute atomic E-state index is 0.00282. The summed E-state index contributed by atoms with van der Waals surface area (Å²) in [6.45, 7) is 5.87. The first-order chi connectivity index (χ1) is 14.6. The van der Waals surface area contributed by atoms with Crippen molar-refractivity contribution in [3.8, 4) is 0 Å². The minimum Gasteiger partial charge on any atom is -0.382 e. The summed E-state index contributed by atoms with van der Waals surface area (Å²) >= 11 is 1.45. The van der Waals surface area contributed by atoms with E-state index in [1.165, 1.54) is 17.3 Å². The lowest BCUT2D eigenvalue weighted by Crippen LogP contribution is -2.43. The molecule has 0 bridgehead atoms. The molecule has 3 rings (SSSR count). The molecule has 0 saturated heterocycles. The van der Waals surface area contributed by atoms with Gasteiger partial charge in [0, 0.05) is 24.7 Å². The third-order valence-electron chi connectivity index (χ3n) is 4.81. The first-order valence-electron chi connectivity index (χ1n) is 10.4. The second kappa shape index (κ2) is 11.0. The Labute approximate surface area is 182 Å². The molecule has 0 saturated carbocycles. The van der Waals surface area contributed by atoms with Crippen molar-refractivity contribution in [2.24, 2.45) is 0 Å². The Balaban J connectivity index is 1.75. The van der Waals surface area contributed by atoms with Crippen molar-refractivity contribution in [2.75, 3.05) is 31.2 Å². The summed E-state index contributed by atoms with van der Waals surface area (Å²) in [6.07, 6.45) is 3.62. The molecule has 0 spiro atoms. The van der Waals surface area contributed by atoms with Gasteiger partial charge >= 0.3 is 0 Å². The SMILES string of the molecule is CCOCCCNC(=O)CN1C(=O)C(=Cc2ccc(CC)cc2)Sc2ccccc21. The maximum absolute atomic E-state index is 13.2. The van der Waals surface area contributed by atoms with Crippen molar-refractivity contribution in [1.29, 1.82) is 0 Å². The molecule has 0 aromatic heterocycles. The highest BCUT2D eigenvalue weighted by molar-refractivity contribution is 8.04. The standard InChI is InChI=1S/C24H28N2O3S/c1-3-18-10-12-19(13-11-18)16-22-24(28)26(20-8-5-6-9-21(20)30-22)17-23(27)25-14-7-15-29-4-2/h5-6,8-13,16H,3-4,7,14-15,17H2,1-2H3,(H,25,27). The number of nitrogens with one attached hydrogen (secondary N) is 1. The van der Waals surface area contributed by atoms with Gasteiger partial charge in [0.25, 0.3) is 5.91 Å². The number of amides is 2. The van der Waals surface area contributed by atoms with E-state index in [2.05, 4.69) is 24.4 Å². The van der Waals surface area contributed by atoms with E-state index in [-0.39, 0.29) is 18.4 Å². The van der Waals surface area contributed by atoms with Crippen LogP contribution in [0.5, 0.6) is 0 Å². The number of rotatable bonds is 9. The molecular weight excluding hydrogens is 396 g/mol. The zero-order chi connectivity index (χ0) is 21.3. The fraction of sp³-hybridized carbons (Fsp3) is 0.333. The van der Waals surface area contributed by atoms with Gasteiger partial charge < -0.3 is 10.1 Å². The van der Waals surface area contributed by atoms with Gasteiger partial charge in [-0.3, -0.25) is 14.5 Å². The fourth-order valence-electron chi connectivity index (χ4n) is 3.17. The molecule has 158 valence electrons. The predicted octanol–water partition coefficient (Wildman–Crippen LogP) is 4.27. The van der Waals surface area contributed by atoms with Crippen molar-refractivity contribution in [3.63, 3.8) is 0 Å². The summed E-state index contributed by atoms with van der Waals surface area (Å²) in [5, 5.41) is 2.88. The molecule has 0 fully saturated rings. The van der Waals surface area contributed by atoms with Gasteiger partial charge in [-0.1, -0.05) is 55.1 Å². The van der Waals surface area contributed by atoms with Crippen LogP contribution in [-0.2, 0) is 20.7 Å². The largest absolute Gasteiger partial charge is 0.382 e. The Morgan fingerprint density at radius 2 is 1.90 bits per heavy atom. The van der Waals surface area contributed by atoms with E-state index >= 15 is 0 Å². The number of fused-ring (bicyclic) bond motifs is 1. The lowest BCUT2D eigenvalue weighted by molar-refractivity contribution is -0.122. The molecular formula is C24H28N2O3S. The Morgan fingerprint density at radius 1 is 1.13 bits per heavy atom. The number of hydrogen-bond acceptors (Lipinski definition) is 4. The number of hydrogen-bond donors (Lipinski definition) is 1. The Bertz CT molecular complexity index is 909. The fourth-order valence-corrected chi connectivity index (χ4v) is 4.22. The molecule has 6 heteroatoms. The van der Waals surface area contributed by atoms with E-state index in [0.29, 0.717) is 24.7 Å². The van der Waals surface area contributed by atoms with Crippen LogP contribution in [0.4, 0.5) is 5.69 Å². The van der Waals surface area contributed by atoms with Crippen LogP contribution in [-0.4, -0.2) is 38.1 Å². The molecule has 2 aromatic carbocycles. The minimum atomic E-state index is -0.173. The molecule has 1 aliphatic heterocycles. The van der Waals surface area contributed by atoms with Crippen molar-refractivity contribution in [1.82, 2.24) is 5.32 Å². The van der Waals surface area contributed by atoms with E-state index in [4.69, 9.17) is 4.74 Å². The zero-order valence-electron chi connectivity index (χ0n) is 17.5. The second-order valence-corrected chi connectivity index (χ2v) is 8.05. The number of aryl methyl sites for hydroxylation is 1. The van der Waals surface area contributed by atoms with Crippen LogP contribution in [0.3, 0.4) is 0 Å². The highest BCUT2D eigenvalue weighted by Crippen LogP contribution is 2.41. The van der Waals surface area contributed by atoms with Gasteiger partial charge in [-0.25, -0.2) is 0 Å². The summed E-state index contributed by atoms with van der Waals surface area (Å²) in [4.78, 5) is 28.8. The highest BCUT2D eigenvalue weighted by Gasteiger charge is 2.30. The van der Waals surface area contributed by atoms with Gasteiger partial charge in [-0.05, 0) is 49.1 Å². The quantitative estimate of drug-likeness (QED) is 0.482. The Kier molecular flexibility index (Phi) is 8.11. The number of carbonyl (C=O) groups excluding carboxylic acids is 2. The number of para-hydroxylation sites is 1. The number of nitrogens with zero attached hydrogens (tertiary/aromatic N) is 1. The number of anilines is 1. The molecule has 0 unspecified atom stereocenters. The van der Waals surface area contributed by atoms with Gasteiger partial charge in [0.15, 0.2) is 0 Å². The van der Waals surface area contributed by atoms with E-state index < -0.39 is 0 Å². The molecule has 30 heavy (non-hydrogen) atoms. The molecule has 2 aromatic rings. The molecule has 2 amide bonds. The van der Waals surface area contributed by atoms with Gasteiger partial charge in [0.2, 0.25) is 5.91 Å². The average molecular weight is 425 g/mol. The lowest BCUT2D eigenvalue weighted by atomic mass is 10.1. The second-order valence-electron chi connectivity index (χ2n) is 6.97. The third kappa shape index (κ3) is 5.74. The molecule has 1 N–H and O–H groups in total. The van der Waals surface area contributed by atoms with Crippen molar-refractivity contribution in [3.05, 3.63) is 64.6 Å². The summed E-state index contributed by atoms with van der Waals surface area (Å²) in [5.41, 5.74) is 3.01. The molecule has 0 radical (unpaired) electrons. The highest BCUT2D eigenvalue weighted by atomic mass is 32.2.